The van der Waals surface area contributed by atoms with Gasteiger partial charge >= 0.3 is 0 Å². The average Bonchev–Trinajstić information content (AvgIpc) is 3.43. The lowest BCUT2D eigenvalue weighted by molar-refractivity contribution is 1.28. The van der Waals surface area contributed by atoms with Crippen LogP contribution >= 0.6 is 0 Å². The van der Waals surface area contributed by atoms with Gasteiger partial charge in [-0.05, 0) is 79.1 Å². The third-order valence-electron chi connectivity index (χ3n) is 5.37. The molecule has 0 spiro atoms. The second kappa shape index (κ2) is 9.44. The number of H-pyrrole nitrogens is 1. The molecule has 5 aromatic rings. The maximum absolute atomic E-state index is 4.28. The predicted octanol–water partition coefficient (Wildman–Crippen LogP) is 7.58. The van der Waals surface area contributed by atoms with Crippen molar-refractivity contribution in [2.24, 2.45) is 0 Å². The molecule has 0 amide bonds. The fourth-order valence-corrected chi connectivity index (χ4v) is 3.73. The molecule has 1 aliphatic rings. The van der Waals surface area contributed by atoms with E-state index in [0.717, 1.165) is 11.9 Å². The van der Waals surface area contributed by atoms with Crippen molar-refractivity contribution in [3.05, 3.63) is 119 Å². The third kappa shape index (κ3) is 5.29. The van der Waals surface area contributed by atoms with E-state index < -0.39 is 0 Å². The number of fused-ring (bicyclic) bond motifs is 3. The van der Waals surface area contributed by atoms with Crippen molar-refractivity contribution in [1.29, 1.82) is 0 Å². The van der Waals surface area contributed by atoms with E-state index in [9.17, 15) is 0 Å². The van der Waals surface area contributed by atoms with Crippen LogP contribution in [0.3, 0.4) is 0 Å². The number of nitrogens with one attached hydrogen (secondary N) is 1. The smallest absolute Gasteiger partial charge is 0.0702 e. The van der Waals surface area contributed by atoms with Gasteiger partial charge < -0.3 is 4.98 Å². The molecule has 0 radical (unpaired) electrons. The quantitative estimate of drug-likeness (QED) is 0.283. The zero-order valence-electron chi connectivity index (χ0n) is 18.4. The highest BCUT2D eigenvalue weighted by atomic mass is 14.7. The summed E-state index contributed by atoms with van der Waals surface area (Å²) in [6.45, 7) is 6.29. The van der Waals surface area contributed by atoms with Crippen LogP contribution in [0.1, 0.15) is 27.8 Å². The number of hydrogen-bond acceptors (Lipinski definition) is 1. The number of aromatic amines is 1. The number of nitrogens with zero attached hydrogens (tertiary/aromatic N) is 1. The molecule has 0 unspecified atom stereocenters. The Morgan fingerprint density at radius 1 is 0.742 bits per heavy atom. The molecule has 2 heteroatoms. The summed E-state index contributed by atoms with van der Waals surface area (Å²) in [5.41, 5.74) is 9.03. The summed E-state index contributed by atoms with van der Waals surface area (Å²) in [5.74, 6) is 0. The van der Waals surface area contributed by atoms with Crippen LogP contribution in [0.25, 0.3) is 27.9 Å². The first-order valence-corrected chi connectivity index (χ1v) is 10.7. The fourth-order valence-electron chi connectivity index (χ4n) is 3.73. The van der Waals surface area contributed by atoms with Gasteiger partial charge in [-0.25, -0.2) is 0 Å². The SMILES string of the molecule is Cc1ccc2c(c1)CC=C2.Cc1ccc2cc[nH]c2c1.Cc1cnc2ccccc2c1. The van der Waals surface area contributed by atoms with E-state index in [1.807, 2.05) is 30.6 Å². The number of hydrogen-bond donors (Lipinski definition) is 1. The van der Waals surface area contributed by atoms with Gasteiger partial charge in [0.1, 0.15) is 0 Å². The summed E-state index contributed by atoms with van der Waals surface area (Å²) < 4.78 is 0. The molecule has 0 bridgehead atoms. The van der Waals surface area contributed by atoms with Crippen LogP contribution < -0.4 is 0 Å². The van der Waals surface area contributed by atoms with Gasteiger partial charge in [0.15, 0.2) is 0 Å². The Balaban J connectivity index is 0.000000112. The minimum Gasteiger partial charge on any atom is -0.361 e. The van der Waals surface area contributed by atoms with Gasteiger partial charge in [0.05, 0.1) is 5.52 Å². The zero-order valence-corrected chi connectivity index (χ0v) is 18.4. The summed E-state index contributed by atoms with van der Waals surface area (Å²) in [5, 5.41) is 2.50. The number of rotatable bonds is 0. The van der Waals surface area contributed by atoms with Gasteiger partial charge in [-0.2, -0.15) is 0 Å². The first-order valence-electron chi connectivity index (χ1n) is 10.7. The topological polar surface area (TPSA) is 28.7 Å². The summed E-state index contributed by atoms with van der Waals surface area (Å²) in [4.78, 5) is 7.44. The Morgan fingerprint density at radius 3 is 2.45 bits per heavy atom. The largest absolute Gasteiger partial charge is 0.361 e. The van der Waals surface area contributed by atoms with Crippen molar-refractivity contribution in [2.45, 2.75) is 27.2 Å². The molecular formula is C29H28N2. The van der Waals surface area contributed by atoms with Crippen LogP contribution in [0, 0.1) is 20.8 Å². The van der Waals surface area contributed by atoms with Crippen LogP contribution in [0.5, 0.6) is 0 Å². The molecule has 0 atom stereocenters. The molecule has 2 aromatic heterocycles. The molecule has 1 N–H and O–H groups in total. The minimum atomic E-state index is 1.07. The number of aromatic nitrogens is 2. The van der Waals surface area contributed by atoms with Crippen molar-refractivity contribution in [3.8, 4) is 0 Å². The lowest BCUT2D eigenvalue weighted by Crippen LogP contribution is -1.81. The van der Waals surface area contributed by atoms with E-state index in [-0.39, 0.29) is 0 Å². The van der Waals surface area contributed by atoms with E-state index in [1.165, 1.54) is 44.1 Å². The van der Waals surface area contributed by atoms with Gasteiger partial charge in [-0.1, -0.05) is 66.2 Å². The minimum absolute atomic E-state index is 1.07. The van der Waals surface area contributed by atoms with Gasteiger partial charge in [0, 0.05) is 23.3 Å². The number of benzene rings is 3. The molecule has 0 saturated carbocycles. The fraction of sp³-hybridized carbons (Fsp3) is 0.138. The van der Waals surface area contributed by atoms with E-state index in [4.69, 9.17) is 0 Å². The molecule has 0 fully saturated rings. The second-order valence-electron chi connectivity index (χ2n) is 8.08. The molecule has 3 aromatic carbocycles. The van der Waals surface area contributed by atoms with E-state index in [0.29, 0.717) is 0 Å². The highest BCUT2D eigenvalue weighted by molar-refractivity contribution is 5.80. The van der Waals surface area contributed by atoms with E-state index in [1.54, 1.807) is 0 Å². The van der Waals surface area contributed by atoms with Crippen LogP contribution in [-0.4, -0.2) is 9.97 Å². The number of allylic oxidation sites excluding steroid dienone is 1. The molecule has 1 aliphatic carbocycles. The Bertz CT molecular complexity index is 1340. The molecule has 0 aliphatic heterocycles. The van der Waals surface area contributed by atoms with Gasteiger partial charge in [-0.15, -0.1) is 0 Å². The van der Waals surface area contributed by atoms with E-state index in [2.05, 4.69) is 97.5 Å². The standard InChI is InChI=1S/C10H9N.C10H10.C9H9N/c1-8-6-9-4-2-3-5-10(9)11-7-8;1-8-5-6-9-3-2-4-10(9)7-8;1-7-2-3-8-4-5-10-9(8)6-7/h2-7H,1H3;2-3,5-7H,4H2,1H3;2-6,10H,1H3. The summed E-state index contributed by atoms with van der Waals surface area (Å²) in [7, 11) is 0. The van der Waals surface area contributed by atoms with Crippen molar-refractivity contribution in [2.75, 3.05) is 0 Å². The number of aryl methyl sites for hydroxylation is 3. The first kappa shape index (κ1) is 20.6. The highest BCUT2D eigenvalue weighted by Gasteiger charge is 2.02. The van der Waals surface area contributed by atoms with Crippen molar-refractivity contribution < 1.29 is 0 Å². The number of pyridine rings is 1. The van der Waals surface area contributed by atoms with Gasteiger partial charge in [-0.3, -0.25) is 4.98 Å². The summed E-state index contributed by atoms with van der Waals surface area (Å²) in [6.07, 6.45) is 9.38. The first-order chi connectivity index (χ1) is 15.1. The van der Waals surface area contributed by atoms with Crippen molar-refractivity contribution in [1.82, 2.24) is 9.97 Å². The van der Waals surface area contributed by atoms with Crippen LogP contribution in [0.2, 0.25) is 0 Å². The van der Waals surface area contributed by atoms with Crippen LogP contribution in [-0.2, 0) is 6.42 Å². The van der Waals surface area contributed by atoms with E-state index >= 15 is 0 Å². The van der Waals surface area contributed by atoms with Crippen LogP contribution in [0.4, 0.5) is 0 Å². The molecular weight excluding hydrogens is 376 g/mol. The second-order valence-corrected chi connectivity index (χ2v) is 8.08. The summed E-state index contributed by atoms with van der Waals surface area (Å²) >= 11 is 0. The van der Waals surface area contributed by atoms with Crippen LogP contribution in [0.15, 0.2) is 91.3 Å². The molecule has 2 nitrogen and oxygen atoms in total. The van der Waals surface area contributed by atoms with Crippen molar-refractivity contribution in [3.63, 3.8) is 0 Å². The third-order valence-corrected chi connectivity index (χ3v) is 5.37. The Labute approximate surface area is 184 Å². The summed E-state index contributed by atoms with van der Waals surface area (Å²) in [6, 6.07) is 25.4. The lowest BCUT2D eigenvalue weighted by Gasteiger charge is -1.98. The maximum Gasteiger partial charge on any atom is 0.0702 e. The maximum atomic E-state index is 4.28. The predicted molar refractivity (Wildman–Crippen MR) is 133 cm³/mol. The molecule has 154 valence electrons. The zero-order chi connectivity index (χ0) is 21.6. The Hall–Kier alpha value is -3.65. The average molecular weight is 405 g/mol. The monoisotopic (exact) mass is 404 g/mol. The van der Waals surface area contributed by atoms with Gasteiger partial charge in [0.25, 0.3) is 0 Å². The van der Waals surface area contributed by atoms with Crippen molar-refractivity contribution >= 4 is 27.9 Å². The normalized spacial score (nSPS) is 11.5. The molecule has 6 rings (SSSR count). The lowest BCUT2D eigenvalue weighted by atomic mass is 10.1. The molecule has 0 saturated heterocycles. The molecule has 2 heterocycles. The highest BCUT2D eigenvalue weighted by Crippen LogP contribution is 2.19. The number of para-hydroxylation sites is 1. The van der Waals surface area contributed by atoms with Gasteiger partial charge in [0.2, 0.25) is 0 Å². The Morgan fingerprint density at radius 2 is 1.55 bits per heavy atom. The Kier molecular flexibility index (Phi) is 6.28. The molecule has 31 heavy (non-hydrogen) atoms.